The van der Waals surface area contributed by atoms with Gasteiger partial charge >= 0.3 is 0 Å². The smallest absolute Gasteiger partial charge is 0.131 e. The molecule has 0 aliphatic carbocycles. The summed E-state index contributed by atoms with van der Waals surface area (Å²) in [5.41, 5.74) is 0.572. The zero-order chi connectivity index (χ0) is 13.0. The van der Waals surface area contributed by atoms with Crippen LogP contribution in [0.2, 0.25) is 0 Å². The van der Waals surface area contributed by atoms with Gasteiger partial charge in [-0.1, -0.05) is 30.3 Å². The van der Waals surface area contributed by atoms with Crippen molar-refractivity contribution < 1.29 is 9.52 Å². The molecule has 0 aliphatic heterocycles. The van der Waals surface area contributed by atoms with Gasteiger partial charge in [0.25, 0.3) is 0 Å². The number of aliphatic hydroxyl groups is 1. The van der Waals surface area contributed by atoms with Gasteiger partial charge in [-0.2, -0.15) is 0 Å². The summed E-state index contributed by atoms with van der Waals surface area (Å²) < 4.78 is 6.28. The van der Waals surface area contributed by atoms with Crippen molar-refractivity contribution in [3.8, 4) is 0 Å². The second-order valence-corrected chi connectivity index (χ2v) is 5.26. The van der Waals surface area contributed by atoms with Gasteiger partial charge in [0.15, 0.2) is 0 Å². The number of halogens is 1. The highest BCUT2D eigenvalue weighted by Crippen LogP contribution is 2.23. The zero-order valence-corrected chi connectivity index (χ0v) is 11.8. The quantitative estimate of drug-likeness (QED) is 0.892. The fraction of sp³-hybridized carbons (Fsp3) is 0.286. The molecule has 0 bridgehead atoms. The number of hydrogen-bond donors (Lipinski definition) is 2. The van der Waals surface area contributed by atoms with Crippen LogP contribution in [0, 0.1) is 0 Å². The average molecular weight is 310 g/mol. The summed E-state index contributed by atoms with van der Waals surface area (Å²) >= 11 is 3.42. The molecule has 0 fully saturated rings. The minimum Gasteiger partial charge on any atom is -0.467 e. The van der Waals surface area contributed by atoms with Gasteiger partial charge in [0.2, 0.25) is 0 Å². The van der Waals surface area contributed by atoms with Gasteiger partial charge in [-0.25, -0.2) is 0 Å². The van der Waals surface area contributed by atoms with Gasteiger partial charge in [-0.3, -0.25) is 5.32 Å². The normalized spacial score (nSPS) is 14.4. The molecule has 0 aliphatic rings. The Balaban J connectivity index is 2.12. The molecule has 1 aromatic heterocycles. The number of hydrogen-bond acceptors (Lipinski definition) is 3. The molecule has 2 rings (SSSR count). The second kappa shape index (κ2) is 5.69. The standard InChI is InChI=1S/C14H16BrNO2/c1-14(10-17,11-5-3-2-4-6-11)16-9-13-12(15)7-8-18-13/h2-8,16-17H,9-10H2,1H3. The van der Waals surface area contributed by atoms with Crippen LogP contribution in [0.3, 0.4) is 0 Å². The Hall–Kier alpha value is -1.10. The summed E-state index contributed by atoms with van der Waals surface area (Å²) in [7, 11) is 0. The van der Waals surface area contributed by atoms with Crippen LogP contribution in [0.15, 0.2) is 51.6 Å². The summed E-state index contributed by atoms with van der Waals surface area (Å²) in [6.07, 6.45) is 1.64. The van der Waals surface area contributed by atoms with Crippen LogP contribution < -0.4 is 5.32 Å². The molecular formula is C14H16BrNO2. The van der Waals surface area contributed by atoms with Crippen LogP contribution in [0.25, 0.3) is 0 Å². The molecule has 0 amide bonds. The fourth-order valence-electron chi connectivity index (χ4n) is 1.78. The van der Waals surface area contributed by atoms with E-state index in [9.17, 15) is 5.11 Å². The first-order valence-corrected chi connectivity index (χ1v) is 6.58. The molecular weight excluding hydrogens is 294 g/mol. The van der Waals surface area contributed by atoms with E-state index >= 15 is 0 Å². The maximum atomic E-state index is 9.63. The molecule has 2 N–H and O–H groups in total. The third-order valence-corrected chi connectivity index (χ3v) is 3.76. The predicted molar refractivity (Wildman–Crippen MR) is 74.1 cm³/mol. The molecule has 0 saturated heterocycles. The summed E-state index contributed by atoms with van der Waals surface area (Å²) in [6, 6.07) is 11.8. The van der Waals surface area contributed by atoms with Crippen molar-refractivity contribution >= 4 is 15.9 Å². The highest BCUT2D eigenvalue weighted by Gasteiger charge is 2.25. The van der Waals surface area contributed by atoms with E-state index in [1.807, 2.05) is 43.3 Å². The van der Waals surface area contributed by atoms with Crippen LogP contribution in [0.4, 0.5) is 0 Å². The number of rotatable bonds is 5. The van der Waals surface area contributed by atoms with Crippen molar-refractivity contribution in [1.82, 2.24) is 5.32 Å². The summed E-state index contributed by atoms with van der Waals surface area (Å²) in [4.78, 5) is 0. The first kappa shape index (κ1) is 13.3. The highest BCUT2D eigenvalue weighted by molar-refractivity contribution is 9.10. The van der Waals surface area contributed by atoms with E-state index < -0.39 is 5.54 Å². The highest BCUT2D eigenvalue weighted by atomic mass is 79.9. The molecule has 0 radical (unpaired) electrons. The minimum absolute atomic E-state index is 0.0232. The molecule has 1 heterocycles. The van der Waals surface area contributed by atoms with E-state index in [1.165, 1.54) is 0 Å². The Morgan fingerprint density at radius 1 is 1.28 bits per heavy atom. The lowest BCUT2D eigenvalue weighted by atomic mass is 9.93. The number of nitrogens with one attached hydrogen (secondary N) is 1. The lowest BCUT2D eigenvalue weighted by Crippen LogP contribution is -2.42. The zero-order valence-electron chi connectivity index (χ0n) is 10.2. The molecule has 0 saturated carbocycles. The number of aliphatic hydroxyl groups excluding tert-OH is 1. The Morgan fingerprint density at radius 3 is 2.56 bits per heavy atom. The summed E-state index contributed by atoms with van der Waals surface area (Å²) in [5.74, 6) is 0.825. The Labute approximate surface area is 115 Å². The maximum Gasteiger partial charge on any atom is 0.131 e. The first-order chi connectivity index (χ1) is 8.65. The van der Waals surface area contributed by atoms with Crippen molar-refractivity contribution in [2.75, 3.05) is 6.61 Å². The molecule has 2 aromatic rings. The van der Waals surface area contributed by atoms with Crippen LogP contribution in [-0.4, -0.2) is 11.7 Å². The topological polar surface area (TPSA) is 45.4 Å². The Bertz CT molecular complexity index is 498. The van der Waals surface area contributed by atoms with Crippen molar-refractivity contribution in [3.63, 3.8) is 0 Å². The van der Waals surface area contributed by atoms with Crippen molar-refractivity contribution in [2.24, 2.45) is 0 Å². The van der Waals surface area contributed by atoms with Crippen LogP contribution in [-0.2, 0) is 12.1 Å². The van der Waals surface area contributed by atoms with Gasteiger partial charge in [-0.05, 0) is 34.5 Å². The van der Waals surface area contributed by atoms with E-state index in [0.717, 1.165) is 15.8 Å². The van der Waals surface area contributed by atoms with E-state index in [4.69, 9.17) is 4.42 Å². The van der Waals surface area contributed by atoms with E-state index in [1.54, 1.807) is 6.26 Å². The minimum atomic E-state index is -0.479. The summed E-state index contributed by atoms with van der Waals surface area (Å²) in [5, 5.41) is 13.0. The van der Waals surface area contributed by atoms with Gasteiger partial charge in [0.05, 0.1) is 29.4 Å². The third-order valence-electron chi connectivity index (χ3n) is 3.06. The summed E-state index contributed by atoms with van der Waals surface area (Å²) in [6.45, 7) is 2.55. The third kappa shape index (κ3) is 2.83. The van der Waals surface area contributed by atoms with Crippen molar-refractivity contribution in [2.45, 2.75) is 19.0 Å². The van der Waals surface area contributed by atoms with E-state index in [-0.39, 0.29) is 6.61 Å². The number of benzene rings is 1. The molecule has 4 heteroatoms. The molecule has 3 nitrogen and oxygen atoms in total. The molecule has 0 spiro atoms. The number of furan rings is 1. The lowest BCUT2D eigenvalue weighted by Gasteiger charge is -2.29. The largest absolute Gasteiger partial charge is 0.467 e. The van der Waals surface area contributed by atoms with Crippen LogP contribution >= 0.6 is 15.9 Å². The SMILES string of the molecule is CC(CO)(NCc1occc1Br)c1ccccc1. The average Bonchev–Trinajstić information content (AvgIpc) is 2.83. The molecule has 96 valence electrons. The second-order valence-electron chi connectivity index (χ2n) is 4.40. The monoisotopic (exact) mass is 309 g/mol. The van der Waals surface area contributed by atoms with Crippen LogP contribution in [0.5, 0.6) is 0 Å². The Kier molecular flexibility index (Phi) is 4.22. The predicted octanol–water partition coefficient (Wildman–Crippen LogP) is 3.04. The van der Waals surface area contributed by atoms with Crippen LogP contribution in [0.1, 0.15) is 18.2 Å². The van der Waals surface area contributed by atoms with Gasteiger partial charge in [0.1, 0.15) is 5.76 Å². The molecule has 1 unspecified atom stereocenters. The first-order valence-electron chi connectivity index (χ1n) is 5.79. The van der Waals surface area contributed by atoms with E-state index in [0.29, 0.717) is 6.54 Å². The lowest BCUT2D eigenvalue weighted by molar-refractivity contribution is 0.170. The fourth-order valence-corrected chi connectivity index (χ4v) is 2.12. The van der Waals surface area contributed by atoms with Crippen molar-refractivity contribution in [3.05, 3.63) is 58.5 Å². The molecule has 1 aromatic carbocycles. The van der Waals surface area contributed by atoms with Crippen molar-refractivity contribution in [1.29, 1.82) is 0 Å². The Morgan fingerprint density at radius 2 is 2.00 bits per heavy atom. The molecule has 18 heavy (non-hydrogen) atoms. The molecule has 1 atom stereocenters. The van der Waals surface area contributed by atoms with Gasteiger partial charge in [0, 0.05) is 0 Å². The van der Waals surface area contributed by atoms with E-state index in [2.05, 4.69) is 21.2 Å². The maximum absolute atomic E-state index is 9.63. The van der Waals surface area contributed by atoms with Gasteiger partial charge in [-0.15, -0.1) is 0 Å². The van der Waals surface area contributed by atoms with Gasteiger partial charge < -0.3 is 9.52 Å².